The van der Waals surface area contributed by atoms with Crippen molar-refractivity contribution in [2.45, 2.75) is 64.2 Å². The maximum atomic E-state index is 12.6. The molecule has 118 valence electrons. The van der Waals surface area contributed by atoms with E-state index < -0.39 is 11.9 Å². The molecule has 0 aromatic carbocycles. The first-order chi connectivity index (χ1) is 10.1. The Kier molecular flexibility index (Phi) is 4.23. The molecule has 0 bridgehead atoms. The number of nitrogens with zero attached hydrogens (tertiary/aromatic N) is 1. The van der Waals surface area contributed by atoms with Crippen LogP contribution in [0.2, 0.25) is 0 Å². The number of hydrogen-bond donors (Lipinski definition) is 1. The molecule has 0 radical (unpaired) electrons. The van der Waals surface area contributed by atoms with Gasteiger partial charge < -0.3 is 10.0 Å². The van der Waals surface area contributed by atoms with Crippen molar-refractivity contribution >= 4 is 11.9 Å². The highest BCUT2D eigenvalue weighted by atomic mass is 16.4. The molecule has 1 saturated heterocycles. The largest absolute Gasteiger partial charge is 0.481 e. The molecule has 1 aliphatic heterocycles. The number of hydrogen-bond acceptors (Lipinski definition) is 2. The lowest BCUT2D eigenvalue weighted by Gasteiger charge is -2.45. The van der Waals surface area contributed by atoms with Crippen LogP contribution in [-0.2, 0) is 9.59 Å². The van der Waals surface area contributed by atoms with E-state index in [1.165, 1.54) is 32.1 Å². The van der Waals surface area contributed by atoms with E-state index in [4.69, 9.17) is 0 Å². The Morgan fingerprint density at radius 1 is 0.857 bits per heavy atom. The van der Waals surface area contributed by atoms with E-state index in [0.717, 1.165) is 38.8 Å². The van der Waals surface area contributed by atoms with Crippen molar-refractivity contribution in [3.8, 4) is 0 Å². The van der Waals surface area contributed by atoms with Crippen LogP contribution in [0.1, 0.15) is 64.2 Å². The average Bonchev–Trinajstić information content (AvgIpc) is 2.98. The molecule has 0 unspecified atom stereocenters. The van der Waals surface area contributed by atoms with Crippen LogP contribution in [0.25, 0.3) is 0 Å². The quantitative estimate of drug-likeness (QED) is 0.851. The Morgan fingerprint density at radius 2 is 1.48 bits per heavy atom. The molecule has 3 fully saturated rings. The molecule has 3 rings (SSSR count). The SMILES string of the molecule is O=C(O)[C@H]1CCC[C@H]1C(=O)N1CCC2(CCCCC2)CC1. The highest BCUT2D eigenvalue weighted by molar-refractivity contribution is 5.85. The molecule has 0 aromatic heterocycles. The third kappa shape index (κ3) is 2.95. The molecule has 1 heterocycles. The maximum absolute atomic E-state index is 12.6. The van der Waals surface area contributed by atoms with Gasteiger partial charge in [0.15, 0.2) is 0 Å². The smallest absolute Gasteiger partial charge is 0.307 e. The van der Waals surface area contributed by atoms with Gasteiger partial charge in [-0.3, -0.25) is 9.59 Å². The van der Waals surface area contributed by atoms with Crippen LogP contribution >= 0.6 is 0 Å². The molecule has 1 N–H and O–H groups in total. The van der Waals surface area contributed by atoms with E-state index in [-0.39, 0.29) is 11.8 Å². The number of rotatable bonds is 2. The molecule has 2 saturated carbocycles. The molecule has 1 spiro atoms. The van der Waals surface area contributed by atoms with Crippen molar-refractivity contribution in [2.24, 2.45) is 17.3 Å². The summed E-state index contributed by atoms with van der Waals surface area (Å²) in [6.45, 7) is 1.70. The lowest BCUT2D eigenvalue weighted by Crippen LogP contribution is -2.47. The van der Waals surface area contributed by atoms with E-state index in [1.807, 2.05) is 4.90 Å². The number of likely N-dealkylation sites (tertiary alicyclic amines) is 1. The summed E-state index contributed by atoms with van der Waals surface area (Å²) in [6.07, 6.45) is 11.3. The summed E-state index contributed by atoms with van der Waals surface area (Å²) in [7, 11) is 0. The van der Waals surface area contributed by atoms with Crippen LogP contribution in [0.15, 0.2) is 0 Å². The zero-order valence-electron chi connectivity index (χ0n) is 12.9. The fourth-order valence-electron chi connectivity index (χ4n) is 4.79. The number of piperidine rings is 1. The van der Waals surface area contributed by atoms with Crippen LogP contribution in [0.5, 0.6) is 0 Å². The van der Waals surface area contributed by atoms with E-state index >= 15 is 0 Å². The first kappa shape index (κ1) is 14.9. The van der Waals surface area contributed by atoms with E-state index in [2.05, 4.69) is 0 Å². The summed E-state index contributed by atoms with van der Waals surface area (Å²) in [6, 6.07) is 0. The molecule has 3 aliphatic rings. The summed E-state index contributed by atoms with van der Waals surface area (Å²) in [5.41, 5.74) is 0.497. The van der Waals surface area contributed by atoms with Gasteiger partial charge >= 0.3 is 5.97 Å². The average molecular weight is 293 g/mol. The maximum Gasteiger partial charge on any atom is 0.307 e. The number of carboxylic acids is 1. The normalized spacial score (nSPS) is 32.3. The molecule has 4 nitrogen and oxygen atoms in total. The van der Waals surface area contributed by atoms with Crippen molar-refractivity contribution < 1.29 is 14.7 Å². The number of carboxylic acid groups (broad SMARTS) is 1. The third-order valence-electron chi connectivity index (χ3n) is 6.20. The molecule has 21 heavy (non-hydrogen) atoms. The number of amides is 1. The fourth-order valence-corrected chi connectivity index (χ4v) is 4.79. The van der Waals surface area contributed by atoms with Gasteiger partial charge in [-0.05, 0) is 43.9 Å². The minimum atomic E-state index is -0.786. The van der Waals surface area contributed by atoms with Gasteiger partial charge in [0.25, 0.3) is 0 Å². The van der Waals surface area contributed by atoms with Crippen molar-refractivity contribution in [1.82, 2.24) is 4.90 Å². The summed E-state index contributed by atoms with van der Waals surface area (Å²) in [4.78, 5) is 25.9. The highest BCUT2D eigenvalue weighted by Gasteiger charge is 2.42. The predicted molar refractivity (Wildman–Crippen MR) is 79.8 cm³/mol. The zero-order valence-corrected chi connectivity index (χ0v) is 12.9. The van der Waals surface area contributed by atoms with E-state index in [9.17, 15) is 14.7 Å². The molecule has 4 heteroatoms. The highest BCUT2D eigenvalue weighted by Crippen LogP contribution is 2.45. The zero-order chi connectivity index (χ0) is 14.9. The second kappa shape index (κ2) is 5.98. The van der Waals surface area contributed by atoms with Gasteiger partial charge in [-0.15, -0.1) is 0 Å². The van der Waals surface area contributed by atoms with E-state index in [0.29, 0.717) is 11.8 Å². The van der Waals surface area contributed by atoms with Crippen LogP contribution < -0.4 is 0 Å². The lowest BCUT2D eigenvalue weighted by molar-refractivity contribution is -0.150. The second-order valence-electron chi connectivity index (χ2n) is 7.37. The Bertz CT molecular complexity index is 404. The standard InChI is InChI=1S/C17H27NO3/c19-15(13-5-4-6-14(13)16(20)21)18-11-9-17(10-12-18)7-2-1-3-8-17/h13-14H,1-12H2,(H,20,21)/t13-,14+/m1/s1. The third-order valence-corrected chi connectivity index (χ3v) is 6.20. The first-order valence-corrected chi connectivity index (χ1v) is 8.63. The summed E-state index contributed by atoms with van der Waals surface area (Å²) >= 11 is 0. The van der Waals surface area contributed by atoms with Gasteiger partial charge in [0.05, 0.1) is 11.8 Å². The van der Waals surface area contributed by atoms with Crippen molar-refractivity contribution in [1.29, 1.82) is 0 Å². The summed E-state index contributed by atoms with van der Waals surface area (Å²) < 4.78 is 0. The Labute approximate surface area is 126 Å². The minimum absolute atomic E-state index is 0.116. The predicted octanol–water partition coefficient (Wildman–Crippen LogP) is 3.06. The van der Waals surface area contributed by atoms with Gasteiger partial charge in [-0.1, -0.05) is 25.7 Å². The monoisotopic (exact) mass is 293 g/mol. The number of aliphatic carboxylic acids is 1. The van der Waals surface area contributed by atoms with Crippen LogP contribution in [0.4, 0.5) is 0 Å². The van der Waals surface area contributed by atoms with Gasteiger partial charge in [-0.2, -0.15) is 0 Å². The first-order valence-electron chi connectivity index (χ1n) is 8.63. The van der Waals surface area contributed by atoms with Crippen LogP contribution in [-0.4, -0.2) is 35.0 Å². The van der Waals surface area contributed by atoms with Crippen molar-refractivity contribution in [3.05, 3.63) is 0 Å². The molecule has 1 amide bonds. The van der Waals surface area contributed by atoms with Gasteiger partial charge in [0, 0.05) is 13.1 Å². The summed E-state index contributed by atoms with van der Waals surface area (Å²) in [5, 5.41) is 9.26. The Morgan fingerprint density at radius 3 is 2.10 bits per heavy atom. The number of carbonyl (C=O) groups is 2. The molecule has 0 aromatic rings. The molecular formula is C17H27NO3. The van der Waals surface area contributed by atoms with Crippen LogP contribution in [0.3, 0.4) is 0 Å². The molecular weight excluding hydrogens is 266 g/mol. The van der Waals surface area contributed by atoms with Crippen molar-refractivity contribution in [3.63, 3.8) is 0 Å². The Balaban J connectivity index is 1.58. The van der Waals surface area contributed by atoms with Gasteiger partial charge in [0.1, 0.15) is 0 Å². The minimum Gasteiger partial charge on any atom is -0.481 e. The summed E-state index contributed by atoms with van der Waals surface area (Å²) in [5.74, 6) is -1.37. The van der Waals surface area contributed by atoms with Gasteiger partial charge in [-0.25, -0.2) is 0 Å². The molecule has 2 atom stereocenters. The van der Waals surface area contributed by atoms with Crippen molar-refractivity contribution in [2.75, 3.05) is 13.1 Å². The Hall–Kier alpha value is -1.06. The topological polar surface area (TPSA) is 57.6 Å². The fraction of sp³-hybridized carbons (Fsp3) is 0.882. The van der Waals surface area contributed by atoms with E-state index in [1.54, 1.807) is 0 Å². The van der Waals surface area contributed by atoms with Crippen LogP contribution in [0, 0.1) is 17.3 Å². The second-order valence-corrected chi connectivity index (χ2v) is 7.37. The van der Waals surface area contributed by atoms with Gasteiger partial charge in [0.2, 0.25) is 5.91 Å². The lowest BCUT2D eigenvalue weighted by atomic mass is 9.68. The number of carbonyl (C=O) groups excluding carboxylic acids is 1. The molecule has 2 aliphatic carbocycles.